The Bertz CT molecular complexity index is 1430. The van der Waals surface area contributed by atoms with E-state index in [1.165, 1.54) is 10.9 Å². The van der Waals surface area contributed by atoms with E-state index in [0.29, 0.717) is 4.90 Å². The van der Waals surface area contributed by atoms with Crippen molar-refractivity contribution in [3.05, 3.63) is 11.6 Å². The van der Waals surface area contributed by atoms with Crippen LogP contribution < -0.4 is 4.90 Å². The first-order valence-electron chi connectivity index (χ1n) is 13.7. The normalized spacial score (nSPS) is 23.5. The number of rotatable bonds is 8. The molecule has 0 bridgehead atoms. The zero-order valence-corrected chi connectivity index (χ0v) is 27.8. The van der Waals surface area contributed by atoms with Crippen LogP contribution in [0.4, 0.5) is 15.4 Å². The maximum atomic E-state index is 13.3. The molecule has 0 spiro atoms. The van der Waals surface area contributed by atoms with Gasteiger partial charge in [-0.3, -0.25) is 9.09 Å². The lowest BCUT2D eigenvalue weighted by Crippen LogP contribution is -2.44. The quantitative estimate of drug-likeness (QED) is 0.126. The van der Waals surface area contributed by atoms with Gasteiger partial charge in [0.1, 0.15) is 29.5 Å². The van der Waals surface area contributed by atoms with E-state index in [2.05, 4.69) is 19.7 Å². The topological polar surface area (TPSA) is 189 Å². The van der Waals surface area contributed by atoms with Crippen molar-refractivity contribution < 1.29 is 56.6 Å². The molecule has 2 aromatic rings. The number of nitrogens with zero attached hydrogens (tertiary/aromatic N) is 5. The summed E-state index contributed by atoms with van der Waals surface area (Å²) in [5.74, 6) is -2.24. The van der Waals surface area contributed by atoms with Crippen LogP contribution in [-0.2, 0) is 47.0 Å². The van der Waals surface area contributed by atoms with E-state index < -0.39 is 74.7 Å². The third-order valence-corrected chi connectivity index (χ3v) is 6.53. The molecule has 0 aliphatic carbocycles. The third-order valence-electron chi connectivity index (χ3n) is 6.08. The monoisotopic (exact) mass is 675 g/mol. The molecule has 2 amide bonds. The van der Waals surface area contributed by atoms with Crippen LogP contribution in [0.5, 0.6) is 0 Å². The molecule has 2 aromatic heterocycles. The summed E-state index contributed by atoms with van der Waals surface area (Å²) < 4.78 is 56.8. The van der Waals surface area contributed by atoms with E-state index >= 15 is 0 Å². The molecule has 5 atom stereocenters. The van der Waals surface area contributed by atoms with Gasteiger partial charge in [0, 0.05) is 0 Å². The summed E-state index contributed by atoms with van der Waals surface area (Å²) in [6.45, 7) is 13.0. The van der Waals surface area contributed by atoms with Crippen molar-refractivity contribution in [1.29, 1.82) is 0 Å². The van der Waals surface area contributed by atoms with E-state index in [1.54, 1.807) is 55.4 Å². The molecule has 0 aromatic carbocycles. The number of imide groups is 1. The van der Waals surface area contributed by atoms with Crippen LogP contribution in [-0.4, -0.2) is 93.0 Å². The molecular weight excluding hydrogens is 641 g/mol. The third kappa shape index (κ3) is 8.03. The van der Waals surface area contributed by atoms with Crippen LogP contribution in [0.2, 0.25) is 5.28 Å². The number of hydrogen-bond donors (Lipinski definition) is 0. The van der Waals surface area contributed by atoms with Crippen molar-refractivity contribution in [2.24, 2.45) is 0 Å². The molecule has 17 nitrogen and oxygen atoms in total. The van der Waals surface area contributed by atoms with Crippen LogP contribution in [0.15, 0.2) is 6.33 Å². The molecule has 0 N–H and O–H groups in total. The molecule has 0 radical (unpaired) electrons. The van der Waals surface area contributed by atoms with Crippen molar-refractivity contribution in [2.75, 3.05) is 18.6 Å². The Labute approximate surface area is 265 Å². The molecule has 1 unspecified atom stereocenters. The van der Waals surface area contributed by atoms with Crippen LogP contribution in [0.1, 0.15) is 61.6 Å². The molecule has 4 rings (SSSR count). The number of fused-ring (bicyclic) bond motifs is 2. The average molecular weight is 676 g/mol. The molecule has 2 aliphatic heterocycles. The number of aromatic nitrogens is 4. The SMILES string of the molecule is COC(=O)C(OC[C@H]1O[C@@H](n2cnc3c(N(C(=O)OC(C)(C)C)C(=O)OC(C)(C)C)nc(Cl)nc32)[C@@H]2OC(C)(C)O[C@@H]21)OP=O. The first-order chi connectivity index (χ1) is 20.8. The molecule has 19 heteroatoms. The number of halogens is 1. The fourth-order valence-electron chi connectivity index (χ4n) is 4.56. The Hall–Kier alpha value is -3.05. The van der Waals surface area contributed by atoms with Gasteiger partial charge >= 0.3 is 26.8 Å². The minimum absolute atomic E-state index is 0.0113. The van der Waals surface area contributed by atoms with Crippen molar-refractivity contribution in [1.82, 2.24) is 19.5 Å². The van der Waals surface area contributed by atoms with Crippen LogP contribution in [0, 0.1) is 0 Å². The van der Waals surface area contributed by atoms with Gasteiger partial charge in [0.05, 0.1) is 20.0 Å². The van der Waals surface area contributed by atoms with Gasteiger partial charge in [-0.2, -0.15) is 14.9 Å². The van der Waals surface area contributed by atoms with Gasteiger partial charge in [-0.15, -0.1) is 0 Å². The van der Waals surface area contributed by atoms with E-state index in [4.69, 9.17) is 44.5 Å². The van der Waals surface area contributed by atoms with E-state index in [0.717, 1.165) is 7.11 Å². The summed E-state index contributed by atoms with van der Waals surface area (Å²) in [6.07, 6.45) is -5.68. The lowest BCUT2D eigenvalue weighted by molar-refractivity contribution is -0.211. The fourth-order valence-corrected chi connectivity index (χ4v) is 4.94. The van der Waals surface area contributed by atoms with Crippen molar-refractivity contribution in [2.45, 2.75) is 103 Å². The number of methoxy groups -OCH3 is 1. The number of amides is 2. The van der Waals surface area contributed by atoms with Gasteiger partial charge in [0.25, 0.3) is 6.29 Å². The smallest absolute Gasteiger partial charge is 0.425 e. The first kappa shape index (κ1) is 34.8. The molecular formula is C26H35ClN5O12P. The highest BCUT2D eigenvalue weighted by atomic mass is 35.5. The number of carbonyl (C=O) groups is 3. The van der Waals surface area contributed by atoms with E-state index in [-0.39, 0.29) is 28.9 Å². The summed E-state index contributed by atoms with van der Waals surface area (Å²) in [4.78, 5) is 52.1. The second-order valence-corrected chi connectivity index (χ2v) is 13.1. The van der Waals surface area contributed by atoms with Gasteiger partial charge in [0.2, 0.25) is 5.28 Å². The largest absolute Gasteiger partial charge is 0.465 e. The number of ether oxygens (including phenoxy) is 7. The van der Waals surface area contributed by atoms with Crippen molar-refractivity contribution in [3.63, 3.8) is 0 Å². The number of anilines is 1. The Morgan fingerprint density at radius 2 is 1.67 bits per heavy atom. The van der Waals surface area contributed by atoms with Gasteiger partial charge in [-0.25, -0.2) is 23.9 Å². The Kier molecular flexibility index (Phi) is 10.0. The lowest BCUT2D eigenvalue weighted by Gasteiger charge is -2.28. The molecule has 0 saturated carbocycles. The Balaban J connectivity index is 1.74. The molecule has 2 saturated heterocycles. The van der Waals surface area contributed by atoms with Crippen molar-refractivity contribution in [3.8, 4) is 0 Å². The van der Waals surface area contributed by atoms with Gasteiger partial charge < -0.3 is 33.2 Å². The highest BCUT2D eigenvalue weighted by Crippen LogP contribution is 2.44. The predicted molar refractivity (Wildman–Crippen MR) is 153 cm³/mol. The summed E-state index contributed by atoms with van der Waals surface area (Å²) in [6, 6.07) is 0. The summed E-state index contributed by atoms with van der Waals surface area (Å²) in [7, 11) is 0.323. The predicted octanol–water partition coefficient (Wildman–Crippen LogP) is 4.31. The average Bonchev–Trinajstić information content (AvgIpc) is 3.54. The lowest BCUT2D eigenvalue weighted by atomic mass is 10.1. The minimum atomic E-state index is -1.60. The Morgan fingerprint density at radius 3 is 2.22 bits per heavy atom. The maximum absolute atomic E-state index is 13.3. The van der Waals surface area contributed by atoms with E-state index in [9.17, 15) is 18.9 Å². The first-order valence-corrected chi connectivity index (χ1v) is 14.8. The standard InChI is InChI=1S/C26H35ClN5O12P/c1-24(2,3)42-22(34)32(23(35)43-25(4,5)6)17-13-16(29-21(27)30-17)31(11-28-13)18-15-14(40-26(7,8)41-15)12(39-18)10-38-20(44-45-36)19(33)37-9/h11-12,14-15,18,20H,10H2,1-9H3/t12-,14-,15-,18-,20?/m1/s1. The second kappa shape index (κ2) is 13.0. The van der Waals surface area contributed by atoms with Gasteiger partial charge in [-0.05, 0) is 67.0 Å². The molecule has 2 aliphatic rings. The summed E-state index contributed by atoms with van der Waals surface area (Å²) in [5.41, 5.74) is -1.90. The highest BCUT2D eigenvalue weighted by molar-refractivity contribution is 7.17. The zero-order valence-electron chi connectivity index (χ0n) is 26.1. The number of imidazole rings is 1. The summed E-state index contributed by atoms with van der Waals surface area (Å²) in [5, 5.41) is -0.329. The molecule has 248 valence electrons. The van der Waals surface area contributed by atoms with Crippen molar-refractivity contribution >= 4 is 55.4 Å². The fraction of sp³-hybridized carbons (Fsp3) is 0.692. The molecule has 45 heavy (non-hydrogen) atoms. The highest BCUT2D eigenvalue weighted by Gasteiger charge is 2.56. The Morgan fingerprint density at radius 1 is 1.07 bits per heavy atom. The van der Waals surface area contributed by atoms with Gasteiger partial charge in [-0.1, -0.05) is 0 Å². The van der Waals surface area contributed by atoms with Crippen LogP contribution in [0.25, 0.3) is 11.2 Å². The van der Waals surface area contributed by atoms with Crippen LogP contribution in [0.3, 0.4) is 0 Å². The van der Waals surface area contributed by atoms with Gasteiger partial charge in [0.15, 0.2) is 29.0 Å². The maximum Gasteiger partial charge on any atom is 0.425 e. The summed E-state index contributed by atoms with van der Waals surface area (Å²) >= 11 is 6.33. The number of carbonyl (C=O) groups excluding carboxylic acids is 3. The number of esters is 1. The molecule has 4 heterocycles. The van der Waals surface area contributed by atoms with E-state index in [1.807, 2.05) is 0 Å². The zero-order chi connectivity index (χ0) is 33.5. The number of hydrogen-bond acceptors (Lipinski definition) is 15. The molecule has 2 fully saturated rings. The minimum Gasteiger partial charge on any atom is -0.465 e. The van der Waals surface area contributed by atoms with Crippen LogP contribution >= 0.6 is 20.3 Å². The second-order valence-electron chi connectivity index (χ2n) is 12.4.